The summed E-state index contributed by atoms with van der Waals surface area (Å²) in [6.45, 7) is 0. The van der Waals surface area contributed by atoms with Crippen LogP contribution in [0.1, 0.15) is 24.0 Å². The van der Waals surface area contributed by atoms with E-state index in [1.807, 2.05) is 0 Å². The summed E-state index contributed by atoms with van der Waals surface area (Å²) in [7, 11) is 0. The van der Waals surface area contributed by atoms with E-state index in [2.05, 4.69) is 38.3 Å². The molecule has 1 N–H and O–H groups in total. The largest absolute Gasteiger partial charge is 0.329 e. The van der Waals surface area contributed by atoms with Crippen molar-refractivity contribution in [2.45, 2.75) is 25.7 Å². The SMILES string of the molecule is c1cc2c(cc1Nc1nnns1)CCCC2. The number of nitrogens with zero attached hydrogens (tertiary/aromatic N) is 3. The monoisotopic (exact) mass is 232 g/mol. The zero-order chi connectivity index (χ0) is 10.8. The van der Waals surface area contributed by atoms with Gasteiger partial charge in [-0.15, -0.1) is 0 Å². The minimum absolute atomic E-state index is 0.746. The van der Waals surface area contributed by atoms with Crippen LogP contribution in [-0.4, -0.2) is 14.8 Å². The number of anilines is 2. The van der Waals surface area contributed by atoms with Crippen LogP contribution >= 0.6 is 11.5 Å². The van der Waals surface area contributed by atoms with Crippen molar-refractivity contribution in [3.8, 4) is 0 Å². The van der Waals surface area contributed by atoms with Gasteiger partial charge in [-0.2, -0.15) is 0 Å². The zero-order valence-electron chi connectivity index (χ0n) is 8.81. The molecular formula is C11H12N4S. The van der Waals surface area contributed by atoms with E-state index < -0.39 is 0 Å². The zero-order valence-corrected chi connectivity index (χ0v) is 9.63. The number of aromatic nitrogens is 3. The van der Waals surface area contributed by atoms with Crippen LogP contribution in [0.25, 0.3) is 0 Å². The van der Waals surface area contributed by atoms with Crippen molar-refractivity contribution >= 4 is 22.4 Å². The maximum Gasteiger partial charge on any atom is 0.229 e. The van der Waals surface area contributed by atoms with Crippen molar-refractivity contribution in [1.29, 1.82) is 0 Å². The van der Waals surface area contributed by atoms with Crippen molar-refractivity contribution in [1.82, 2.24) is 14.8 Å². The molecule has 3 rings (SSSR count). The van der Waals surface area contributed by atoms with Gasteiger partial charge in [-0.25, -0.2) is 0 Å². The number of hydrogen-bond donors (Lipinski definition) is 1. The summed E-state index contributed by atoms with van der Waals surface area (Å²) in [5.74, 6) is 0. The molecule has 0 bridgehead atoms. The van der Waals surface area contributed by atoms with E-state index in [4.69, 9.17) is 0 Å². The highest BCUT2D eigenvalue weighted by Crippen LogP contribution is 2.25. The maximum absolute atomic E-state index is 3.87. The molecule has 0 fully saturated rings. The average molecular weight is 232 g/mol. The highest BCUT2D eigenvalue weighted by molar-refractivity contribution is 7.09. The Labute approximate surface area is 97.9 Å². The molecule has 82 valence electrons. The van der Waals surface area contributed by atoms with E-state index >= 15 is 0 Å². The van der Waals surface area contributed by atoms with E-state index in [1.54, 1.807) is 0 Å². The van der Waals surface area contributed by atoms with E-state index in [0.29, 0.717) is 0 Å². The summed E-state index contributed by atoms with van der Waals surface area (Å²) < 4.78 is 3.72. The summed E-state index contributed by atoms with van der Waals surface area (Å²) in [6.07, 6.45) is 5.03. The molecule has 0 spiro atoms. The maximum atomic E-state index is 3.87. The van der Waals surface area contributed by atoms with Gasteiger partial charge in [0.05, 0.1) is 0 Å². The predicted octanol–water partition coefficient (Wildman–Crippen LogP) is 2.56. The number of fused-ring (bicyclic) bond motifs is 1. The fourth-order valence-electron chi connectivity index (χ4n) is 2.12. The summed E-state index contributed by atoms with van der Waals surface area (Å²) in [5.41, 5.74) is 4.04. The number of benzene rings is 1. The van der Waals surface area contributed by atoms with Crippen molar-refractivity contribution < 1.29 is 0 Å². The first kappa shape index (κ1) is 9.72. The highest BCUT2D eigenvalue weighted by Gasteiger charge is 2.09. The van der Waals surface area contributed by atoms with Gasteiger partial charge in [0.2, 0.25) is 5.13 Å². The molecule has 0 saturated heterocycles. The van der Waals surface area contributed by atoms with E-state index in [0.717, 1.165) is 10.8 Å². The van der Waals surface area contributed by atoms with Gasteiger partial charge in [-0.3, -0.25) is 0 Å². The van der Waals surface area contributed by atoms with Crippen LogP contribution in [0.4, 0.5) is 10.8 Å². The Morgan fingerprint density at radius 1 is 1.12 bits per heavy atom. The third-order valence-corrected chi connectivity index (χ3v) is 3.41. The minimum Gasteiger partial charge on any atom is -0.329 e. The first-order valence-corrected chi connectivity index (χ1v) is 6.23. The molecule has 0 amide bonds. The van der Waals surface area contributed by atoms with Crippen molar-refractivity contribution in [3.63, 3.8) is 0 Å². The summed E-state index contributed by atoms with van der Waals surface area (Å²) in [5, 5.41) is 11.4. The van der Waals surface area contributed by atoms with E-state index in [-0.39, 0.29) is 0 Å². The molecular weight excluding hydrogens is 220 g/mol. The molecule has 0 atom stereocenters. The van der Waals surface area contributed by atoms with Gasteiger partial charge in [0.1, 0.15) is 0 Å². The van der Waals surface area contributed by atoms with Gasteiger partial charge in [0.15, 0.2) is 0 Å². The molecule has 5 heteroatoms. The van der Waals surface area contributed by atoms with Crippen LogP contribution in [0.5, 0.6) is 0 Å². The molecule has 2 aromatic rings. The van der Waals surface area contributed by atoms with Gasteiger partial charge in [-0.05, 0) is 54.2 Å². The lowest BCUT2D eigenvalue weighted by atomic mass is 9.91. The molecule has 0 saturated carbocycles. The molecule has 1 heterocycles. The highest BCUT2D eigenvalue weighted by atomic mass is 32.1. The van der Waals surface area contributed by atoms with Gasteiger partial charge in [0.25, 0.3) is 0 Å². The number of hydrogen-bond acceptors (Lipinski definition) is 5. The molecule has 0 radical (unpaired) electrons. The Bertz CT molecular complexity index is 481. The van der Waals surface area contributed by atoms with Gasteiger partial charge in [0, 0.05) is 17.2 Å². The van der Waals surface area contributed by atoms with Crippen LogP contribution in [0.2, 0.25) is 0 Å². The Kier molecular flexibility index (Phi) is 2.53. The summed E-state index contributed by atoms with van der Waals surface area (Å²) in [6, 6.07) is 6.53. The lowest BCUT2D eigenvalue weighted by Gasteiger charge is -2.16. The molecule has 1 aliphatic carbocycles. The lowest BCUT2D eigenvalue weighted by Crippen LogP contribution is -2.03. The number of nitrogens with one attached hydrogen (secondary N) is 1. The van der Waals surface area contributed by atoms with Crippen LogP contribution in [0, 0.1) is 0 Å². The van der Waals surface area contributed by atoms with E-state index in [9.17, 15) is 0 Å². The van der Waals surface area contributed by atoms with Crippen LogP contribution in [0.3, 0.4) is 0 Å². The third kappa shape index (κ3) is 1.90. The van der Waals surface area contributed by atoms with Crippen LogP contribution < -0.4 is 5.32 Å². The van der Waals surface area contributed by atoms with Gasteiger partial charge in [-0.1, -0.05) is 15.7 Å². The first-order valence-electron chi connectivity index (χ1n) is 5.46. The second-order valence-electron chi connectivity index (χ2n) is 3.98. The molecule has 16 heavy (non-hydrogen) atoms. The van der Waals surface area contributed by atoms with Gasteiger partial charge < -0.3 is 5.32 Å². The lowest BCUT2D eigenvalue weighted by molar-refractivity contribution is 0.686. The molecule has 0 unspecified atom stereocenters. The Balaban J connectivity index is 1.86. The molecule has 4 nitrogen and oxygen atoms in total. The molecule has 0 aliphatic heterocycles. The van der Waals surface area contributed by atoms with Crippen molar-refractivity contribution in [2.24, 2.45) is 0 Å². The minimum atomic E-state index is 0.746. The average Bonchev–Trinajstić information content (AvgIpc) is 2.82. The Morgan fingerprint density at radius 2 is 2.00 bits per heavy atom. The predicted molar refractivity (Wildman–Crippen MR) is 64.1 cm³/mol. The molecule has 1 aromatic carbocycles. The Hall–Kier alpha value is -1.49. The van der Waals surface area contributed by atoms with Crippen molar-refractivity contribution in [2.75, 3.05) is 5.32 Å². The topological polar surface area (TPSA) is 50.7 Å². The second kappa shape index (κ2) is 4.17. The van der Waals surface area contributed by atoms with Crippen LogP contribution in [-0.2, 0) is 12.8 Å². The van der Waals surface area contributed by atoms with Crippen LogP contribution in [0.15, 0.2) is 18.2 Å². The molecule has 1 aromatic heterocycles. The Morgan fingerprint density at radius 3 is 2.81 bits per heavy atom. The number of aryl methyl sites for hydroxylation is 2. The quantitative estimate of drug-likeness (QED) is 0.864. The van der Waals surface area contributed by atoms with E-state index in [1.165, 1.54) is 48.3 Å². The second-order valence-corrected chi connectivity index (χ2v) is 4.72. The number of rotatable bonds is 2. The fourth-order valence-corrected chi connectivity index (χ4v) is 2.50. The fraction of sp³-hybridized carbons (Fsp3) is 0.364. The summed E-state index contributed by atoms with van der Waals surface area (Å²) >= 11 is 1.27. The normalized spacial score (nSPS) is 14.5. The summed E-state index contributed by atoms with van der Waals surface area (Å²) in [4.78, 5) is 0. The standard InChI is InChI=1S/C11H12N4S/c1-2-4-9-7-10(6-5-8(9)3-1)12-11-13-14-15-16-11/h5-7H,1-4H2,(H,12,13,15). The van der Waals surface area contributed by atoms with Gasteiger partial charge >= 0.3 is 0 Å². The third-order valence-electron chi connectivity index (χ3n) is 2.90. The van der Waals surface area contributed by atoms with Crippen molar-refractivity contribution in [3.05, 3.63) is 29.3 Å². The molecule has 1 aliphatic rings. The smallest absolute Gasteiger partial charge is 0.229 e. The first-order chi connectivity index (χ1) is 7.92.